The van der Waals surface area contributed by atoms with Crippen molar-refractivity contribution >= 4 is 17.7 Å². The molecule has 1 aliphatic rings. The van der Waals surface area contributed by atoms with Gasteiger partial charge in [-0.25, -0.2) is 9.59 Å². The lowest BCUT2D eigenvalue weighted by Gasteiger charge is -2.12. The Kier molecular flexibility index (Phi) is 4.35. The Morgan fingerprint density at radius 1 is 1.37 bits per heavy atom. The number of ether oxygens (including phenoxy) is 1. The van der Waals surface area contributed by atoms with Gasteiger partial charge in [0.1, 0.15) is 0 Å². The Morgan fingerprint density at radius 2 is 2.16 bits per heavy atom. The van der Waals surface area contributed by atoms with Crippen LogP contribution in [0, 0.1) is 5.92 Å². The monoisotopic (exact) mass is 264 g/mol. The van der Waals surface area contributed by atoms with Crippen LogP contribution in [-0.4, -0.2) is 36.9 Å². The summed E-state index contributed by atoms with van der Waals surface area (Å²) >= 11 is 0. The maximum Gasteiger partial charge on any atom is 0.337 e. The number of anilines is 1. The van der Waals surface area contributed by atoms with Crippen molar-refractivity contribution < 1.29 is 19.4 Å². The average molecular weight is 264 g/mol. The molecule has 0 aliphatic carbocycles. The fourth-order valence-electron chi connectivity index (χ4n) is 1.93. The maximum atomic E-state index is 11.7. The number of carboxylic acids is 1. The zero-order valence-corrected chi connectivity index (χ0v) is 10.4. The molecule has 2 amide bonds. The topological polar surface area (TPSA) is 87.7 Å². The van der Waals surface area contributed by atoms with Gasteiger partial charge in [-0.15, -0.1) is 0 Å². The van der Waals surface area contributed by atoms with E-state index < -0.39 is 12.0 Å². The lowest BCUT2D eigenvalue weighted by Crippen LogP contribution is -2.33. The Hall–Kier alpha value is -2.08. The minimum Gasteiger partial charge on any atom is -0.478 e. The highest BCUT2D eigenvalue weighted by atomic mass is 16.5. The molecule has 0 bridgehead atoms. The van der Waals surface area contributed by atoms with Crippen LogP contribution in [0.15, 0.2) is 24.3 Å². The predicted molar refractivity (Wildman–Crippen MR) is 69.3 cm³/mol. The number of rotatable bonds is 4. The molecule has 1 heterocycles. The van der Waals surface area contributed by atoms with Crippen molar-refractivity contribution in [1.29, 1.82) is 0 Å². The molecule has 1 aromatic carbocycles. The first-order valence-corrected chi connectivity index (χ1v) is 6.11. The number of urea groups is 1. The van der Waals surface area contributed by atoms with Gasteiger partial charge in [-0.1, -0.05) is 12.1 Å². The first-order chi connectivity index (χ1) is 9.16. The standard InChI is InChI=1S/C13H16N2O4/c16-12(17)10-3-1-2-4-11(10)15-13(18)14-7-9-5-6-19-8-9/h1-4,9H,5-8H2,(H,16,17)(H2,14,15,18). The highest BCUT2D eigenvalue weighted by Gasteiger charge is 2.17. The zero-order chi connectivity index (χ0) is 13.7. The lowest BCUT2D eigenvalue weighted by molar-refractivity contribution is 0.0698. The van der Waals surface area contributed by atoms with Gasteiger partial charge in [0, 0.05) is 19.1 Å². The van der Waals surface area contributed by atoms with Crippen molar-refractivity contribution in [3.63, 3.8) is 0 Å². The molecular formula is C13H16N2O4. The van der Waals surface area contributed by atoms with Crippen LogP contribution < -0.4 is 10.6 Å². The summed E-state index contributed by atoms with van der Waals surface area (Å²) in [5.74, 6) is -0.736. The minimum absolute atomic E-state index is 0.0712. The van der Waals surface area contributed by atoms with E-state index in [9.17, 15) is 9.59 Å². The van der Waals surface area contributed by atoms with Crippen molar-refractivity contribution in [2.45, 2.75) is 6.42 Å². The van der Waals surface area contributed by atoms with Gasteiger partial charge in [-0.3, -0.25) is 0 Å². The smallest absolute Gasteiger partial charge is 0.337 e. The van der Waals surface area contributed by atoms with Gasteiger partial charge in [-0.2, -0.15) is 0 Å². The van der Waals surface area contributed by atoms with Crippen LogP contribution >= 0.6 is 0 Å². The third-order valence-corrected chi connectivity index (χ3v) is 2.98. The quantitative estimate of drug-likeness (QED) is 0.769. The summed E-state index contributed by atoms with van der Waals surface area (Å²) in [6.45, 7) is 1.92. The normalized spacial score (nSPS) is 18.0. The second-order valence-electron chi connectivity index (χ2n) is 4.42. The number of nitrogens with one attached hydrogen (secondary N) is 2. The molecule has 6 nitrogen and oxygen atoms in total. The van der Waals surface area contributed by atoms with Crippen molar-refractivity contribution in [3.8, 4) is 0 Å². The van der Waals surface area contributed by atoms with E-state index in [0.717, 1.165) is 13.0 Å². The summed E-state index contributed by atoms with van der Waals surface area (Å²) in [5.41, 5.74) is 0.358. The van der Waals surface area contributed by atoms with Crippen molar-refractivity contribution in [2.24, 2.45) is 5.92 Å². The third-order valence-electron chi connectivity index (χ3n) is 2.98. The molecule has 1 atom stereocenters. The summed E-state index contributed by atoms with van der Waals surface area (Å²) in [6.07, 6.45) is 0.937. The van der Waals surface area contributed by atoms with Crippen molar-refractivity contribution in [1.82, 2.24) is 5.32 Å². The minimum atomic E-state index is -1.07. The fourth-order valence-corrected chi connectivity index (χ4v) is 1.93. The number of para-hydroxylation sites is 1. The Morgan fingerprint density at radius 3 is 2.84 bits per heavy atom. The second-order valence-corrected chi connectivity index (χ2v) is 4.42. The van der Waals surface area contributed by atoms with E-state index in [1.807, 2.05) is 0 Å². The molecule has 0 saturated carbocycles. The van der Waals surface area contributed by atoms with Crippen LogP contribution in [0.25, 0.3) is 0 Å². The van der Waals surface area contributed by atoms with Gasteiger partial charge in [0.2, 0.25) is 0 Å². The van der Waals surface area contributed by atoms with E-state index in [4.69, 9.17) is 9.84 Å². The highest BCUT2D eigenvalue weighted by molar-refractivity contribution is 5.99. The maximum absolute atomic E-state index is 11.7. The van der Waals surface area contributed by atoms with Gasteiger partial charge < -0.3 is 20.5 Å². The van der Waals surface area contributed by atoms with Crippen LogP contribution in [0.4, 0.5) is 10.5 Å². The third kappa shape index (κ3) is 3.69. The summed E-state index contributed by atoms with van der Waals surface area (Å²) in [5, 5.41) is 14.3. The molecule has 1 aromatic rings. The van der Waals surface area contributed by atoms with Crippen LogP contribution in [0.5, 0.6) is 0 Å². The number of benzene rings is 1. The first-order valence-electron chi connectivity index (χ1n) is 6.11. The number of carboxylic acid groups (broad SMARTS) is 1. The first kappa shape index (κ1) is 13.4. The number of amides is 2. The van der Waals surface area contributed by atoms with E-state index in [2.05, 4.69) is 10.6 Å². The Labute approximate surface area is 110 Å². The summed E-state index contributed by atoms with van der Waals surface area (Å²) in [4.78, 5) is 22.7. The molecule has 2 rings (SSSR count). The summed E-state index contributed by atoms with van der Waals surface area (Å²) in [6, 6.07) is 5.89. The molecule has 0 spiro atoms. The molecule has 6 heteroatoms. The van der Waals surface area contributed by atoms with Crippen molar-refractivity contribution in [3.05, 3.63) is 29.8 Å². The number of carbonyl (C=O) groups is 2. The number of hydrogen-bond donors (Lipinski definition) is 3. The SMILES string of the molecule is O=C(NCC1CCOC1)Nc1ccccc1C(=O)O. The molecule has 19 heavy (non-hydrogen) atoms. The highest BCUT2D eigenvalue weighted by Crippen LogP contribution is 2.15. The van der Waals surface area contributed by atoms with Gasteiger partial charge in [0.05, 0.1) is 17.9 Å². The van der Waals surface area contributed by atoms with Crippen LogP contribution in [0.3, 0.4) is 0 Å². The number of hydrogen-bond acceptors (Lipinski definition) is 3. The molecule has 1 saturated heterocycles. The summed E-state index contributed by atoms with van der Waals surface area (Å²) in [7, 11) is 0. The van der Waals surface area contributed by atoms with E-state index in [-0.39, 0.29) is 11.3 Å². The van der Waals surface area contributed by atoms with Gasteiger partial charge in [0.25, 0.3) is 0 Å². The van der Waals surface area contributed by atoms with Gasteiger partial charge >= 0.3 is 12.0 Å². The van der Waals surface area contributed by atoms with E-state index in [1.54, 1.807) is 18.2 Å². The average Bonchev–Trinajstić information content (AvgIpc) is 2.90. The van der Waals surface area contributed by atoms with E-state index >= 15 is 0 Å². The van der Waals surface area contributed by atoms with Crippen LogP contribution in [0.2, 0.25) is 0 Å². The fraction of sp³-hybridized carbons (Fsp3) is 0.385. The molecule has 102 valence electrons. The lowest BCUT2D eigenvalue weighted by atomic mass is 10.1. The zero-order valence-electron chi connectivity index (χ0n) is 10.4. The largest absolute Gasteiger partial charge is 0.478 e. The molecule has 1 aliphatic heterocycles. The molecule has 1 unspecified atom stereocenters. The molecule has 0 aromatic heterocycles. The molecular weight excluding hydrogens is 248 g/mol. The predicted octanol–water partition coefficient (Wildman–Crippen LogP) is 1.54. The molecule has 3 N–H and O–H groups in total. The van der Waals surface area contributed by atoms with Gasteiger partial charge in [0.15, 0.2) is 0 Å². The Balaban J connectivity index is 1.89. The second kappa shape index (κ2) is 6.19. The molecule has 0 radical (unpaired) electrons. The number of carbonyl (C=O) groups excluding carboxylic acids is 1. The van der Waals surface area contributed by atoms with E-state index in [0.29, 0.717) is 19.1 Å². The van der Waals surface area contributed by atoms with Gasteiger partial charge in [-0.05, 0) is 18.6 Å². The van der Waals surface area contributed by atoms with E-state index in [1.165, 1.54) is 6.07 Å². The number of aromatic carboxylic acids is 1. The van der Waals surface area contributed by atoms with Crippen LogP contribution in [-0.2, 0) is 4.74 Å². The van der Waals surface area contributed by atoms with Crippen molar-refractivity contribution in [2.75, 3.05) is 25.1 Å². The van der Waals surface area contributed by atoms with Crippen LogP contribution in [0.1, 0.15) is 16.8 Å². The summed E-state index contributed by atoms with van der Waals surface area (Å²) < 4.78 is 5.21. The Bertz CT molecular complexity index is 469. The molecule has 1 fully saturated rings.